The van der Waals surface area contributed by atoms with Crippen LogP contribution < -0.4 is 10.5 Å². The van der Waals surface area contributed by atoms with Crippen molar-refractivity contribution in [3.05, 3.63) is 23.8 Å². The molecule has 0 saturated heterocycles. The normalized spacial score (nSPS) is 11.9. The molecule has 0 aliphatic carbocycles. The minimum Gasteiger partial charge on any atom is -0.508 e. The lowest BCUT2D eigenvalue weighted by atomic mass is 10.1. The Hall–Kier alpha value is -1.75. The van der Waals surface area contributed by atoms with Crippen LogP contribution in [0.3, 0.4) is 0 Å². The standard InChI is InChI=1S/C10H13NO4/c1-14-8-5-6(12)3-4-7(8)9(11)10(13)15-2/h3-5,9,12H,11H2,1-2H3/t9-/m1/s1. The van der Waals surface area contributed by atoms with E-state index in [-0.39, 0.29) is 5.75 Å². The van der Waals surface area contributed by atoms with E-state index < -0.39 is 12.0 Å². The fraction of sp³-hybridized carbons (Fsp3) is 0.300. The summed E-state index contributed by atoms with van der Waals surface area (Å²) in [5, 5.41) is 9.21. The van der Waals surface area contributed by atoms with Crippen LogP contribution in [-0.4, -0.2) is 25.3 Å². The molecule has 3 N–H and O–H groups in total. The van der Waals surface area contributed by atoms with Gasteiger partial charge in [-0.15, -0.1) is 0 Å². The van der Waals surface area contributed by atoms with Crippen LogP contribution in [-0.2, 0) is 9.53 Å². The Labute approximate surface area is 87.4 Å². The minimum absolute atomic E-state index is 0.0488. The van der Waals surface area contributed by atoms with E-state index in [9.17, 15) is 9.90 Å². The molecule has 5 nitrogen and oxygen atoms in total. The number of phenols is 1. The summed E-state index contributed by atoms with van der Waals surface area (Å²) < 4.78 is 9.51. The van der Waals surface area contributed by atoms with Crippen LogP contribution in [0.1, 0.15) is 11.6 Å². The second kappa shape index (κ2) is 4.65. The summed E-state index contributed by atoms with van der Waals surface area (Å²) in [7, 11) is 2.69. The molecular formula is C10H13NO4. The maximum atomic E-state index is 11.2. The van der Waals surface area contributed by atoms with Gasteiger partial charge in [0, 0.05) is 11.6 Å². The Bertz CT molecular complexity index is 364. The average molecular weight is 211 g/mol. The number of aromatic hydroxyl groups is 1. The van der Waals surface area contributed by atoms with Gasteiger partial charge in [-0.2, -0.15) is 0 Å². The quantitative estimate of drug-likeness (QED) is 0.714. The van der Waals surface area contributed by atoms with Gasteiger partial charge in [-0.1, -0.05) is 0 Å². The Balaban J connectivity index is 3.07. The van der Waals surface area contributed by atoms with Gasteiger partial charge >= 0.3 is 5.97 Å². The number of hydrogen-bond donors (Lipinski definition) is 2. The molecule has 0 unspecified atom stereocenters. The molecule has 1 aromatic rings. The number of esters is 1. The summed E-state index contributed by atoms with van der Waals surface area (Å²) in [5.41, 5.74) is 6.11. The van der Waals surface area contributed by atoms with E-state index in [1.54, 1.807) is 0 Å². The van der Waals surface area contributed by atoms with E-state index in [1.807, 2.05) is 0 Å². The Morgan fingerprint density at radius 1 is 1.47 bits per heavy atom. The van der Waals surface area contributed by atoms with Gasteiger partial charge in [-0.25, -0.2) is 0 Å². The molecule has 0 fully saturated rings. The Morgan fingerprint density at radius 3 is 2.67 bits per heavy atom. The topological polar surface area (TPSA) is 81.8 Å². The fourth-order valence-corrected chi connectivity index (χ4v) is 1.21. The average Bonchev–Trinajstić information content (AvgIpc) is 2.26. The molecule has 5 heteroatoms. The van der Waals surface area contributed by atoms with Gasteiger partial charge in [0.05, 0.1) is 14.2 Å². The predicted molar refractivity (Wildman–Crippen MR) is 53.6 cm³/mol. The van der Waals surface area contributed by atoms with Crippen LogP contribution in [0, 0.1) is 0 Å². The smallest absolute Gasteiger partial charge is 0.327 e. The SMILES string of the molecule is COC(=O)[C@H](N)c1ccc(O)cc1OC. The summed E-state index contributed by atoms with van der Waals surface area (Å²) in [6.07, 6.45) is 0. The molecule has 15 heavy (non-hydrogen) atoms. The van der Waals surface area contributed by atoms with Crippen molar-refractivity contribution < 1.29 is 19.4 Å². The third-order valence-corrected chi connectivity index (χ3v) is 2.01. The third kappa shape index (κ3) is 2.38. The molecule has 0 saturated carbocycles. The number of carbonyl (C=O) groups excluding carboxylic acids is 1. The monoisotopic (exact) mass is 211 g/mol. The first-order valence-electron chi connectivity index (χ1n) is 4.30. The summed E-state index contributed by atoms with van der Waals surface area (Å²) in [6.45, 7) is 0. The number of benzene rings is 1. The second-order valence-electron chi connectivity index (χ2n) is 2.93. The first-order valence-corrected chi connectivity index (χ1v) is 4.30. The molecule has 0 amide bonds. The first kappa shape index (κ1) is 11.3. The summed E-state index contributed by atoms with van der Waals surface area (Å²) in [4.78, 5) is 11.2. The number of ether oxygens (including phenoxy) is 2. The number of nitrogens with two attached hydrogens (primary N) is 1. The molecule has 0 aromatic heterocycles. The van der Waals surface area contributed by atoms with Crippen molar-refractivity contribution in [3.63, 3.8) is 0 Å². The number of phenolic OH excluding ortho intramolecular Hbond substituents is 1. The van der Waals surface area contributed by atoms with Crippen molar-refractivity contribution in [1.82, 2.24) is 0 Å². The minimum atomic E-state index is -0.912. The molecule has 0 bridgehead atoms. The zero-order valence-electron chi connectivity index (χ0n) is 8.56. The zero-order valence-corrected chi connectivity index (χ0v) is 8.56. The van der Waals surface area contributed by atoms with Gasteiger partial charge in [0.1, 0.15) is 17.5 Å². The molecule has 0 radical (unpaired) electrons. The van der Waals surface area contributed by atoms with Gasteiger partial charge in [-0.05, 0) is 12.1 Å². The van der Waals surface area contributed by atoms with E-state index in [0.717, 1.165) is 0 Å². The van der Waals surface area contributed by atoms with Gasteiger partial charge in [0.2, 0.25) is 0 Å². The molecule has 0 spiro atoms. The van der Waals surface area contributed by atoms with Crippen molar-refractivity contribution in [3.8, 4) is 11.5 Å². The van der Waals surface area contributed by atoms with Gasteiger partial charge in [-0.3, -0.25) is 4.79 Å². The maximum absolute atomic E-state index is 11.2. The predicted octanol–water partition coefficient (Wildman–Crippen LogP) is 0.574. The Morgan fingerprint density at radius 2 is 2.13 bits per heavy atom. The number of carbonyl (C=O) groups is 1. The van der Waals surface area contributed by atoms with Crippen molar-refractivity contribution >= 4 is 5.97 Å². The third-order valence-electron chi connectivity index (χ3n) is 2.01. The van der Waals surface area contributed by atoms with E-state index in [1.165, 1.54) is 32.4 Å². The van der Waals surface area contributed by atoms with Crippen molar-refractivity contribution in [2.45, 2.75) is 6.04 Å². The van der Waals surface area contributed by atoms with Crippen LogP contribution in [0.25, 0.3) is 0 Å². The fourth-order valence-electron chi connectivity index (χ4n) is 1.21. The van der Waals surface area contributed by atoms with Gasteiger partial charge in [0.25, 0.3) is 0 Å². The van der Waals surface area contributed by atoms with Crippen LogP contribution in [0.5, 0.6) is 11.5 Å². The summed E-state index contributed by atoms with van der Waals surface area (Å²) in [5.74, 6) is -0.153. The lowest BCUT2D eigenvalue weighted by Gasteiger charge is -2.13. The molecule has 1 aromatic carbocycles. The molecular weight excluding hydrogens is 198 g/mol. The highest BCUT2D eigenvalue weighted by Gasteiger charge is 2.20. The van der Waals surface area contributed by atoms with Crippen LogP contribution in [0.2, 0.25) is 0 Å². The molecule has 82 valence electrons. The highest BCUT2D eigenvalue weighted by Crippen LogP contribution is 2.28. The van der Waals surface area contributed by atoms with E-state index in [0.29, 0.717) is 11.3 Å². The van der Waals surface area contributed by atoms with Crippen molar-refractivity contribution in [2.75, 3.05) is 14.2 Å². The lowest BCUT2D eigenvalue weighted by Crippen LogP contribution is -2.23. The van der Waals surface area contributed by atoms with Crippen molar-refractivity contribution in [1.29, 1.82) is 0 Å². The summed E-state index contributed by atoms with van der Waals surface area (Å²) >= 11 is 0. The van der Waals surface area contributed by atoms with Crippen LogP contribution >= 0.6 is 0 Å². The molecule has 1 rings (SSSR count). The van der Waals surface area contributed by atoms with Crippen LogP contribution in [0.4, 0.5) is 0 Å². The molecule has 1 atom stereocenters. The van der Waals surface area contributed by atoms with Crippen molar-refractivity contribution in [2.24, 2.45) is 5.73 Å². The Kier molecular flexibility index (Phi) is 3.51. The van der Waals surface area contributed by atoms with E-state index >= 15 is 0 Å². The van der Waals surface area contributed by atoms with Gasteiger partial charge in [0.15, 0.2) is 0 Å². The molecule has 0 heterocycles. The number of rotatable bonds is 3. The van der Waals surface area contributed by atoms with Crippen LogP contribution in [0.15, 0.2) is 18.2 Å². The maximum Gasteiger partial charge on any atom is 0.327 e. The lowest BCUT2D eigenvalue weighted by molar-refractivity contribution is -0.142. The molecule has 0 aliphatic heterocycles. The van der Waals surface area contributed by atoms with E-state index in [2.05, 4.69) is 4.74 Å². The highest BCUT2D eigenvalue weighted by molar-refractivity contribution is 5.78. The number of hydrogen-bond acceptors (Lipinski definition) is 5. The molecule has 0 aliphatic rings. The first-order chi connectivity index (χ1) is 7.10. The number of methoxy groups -OCH3 is 2. The van der Waals surface area contributed by atoms with E-state index in [4.69, 9.17) is 10.5 Å². The van der Waals surface area contributed by atoms with Gasteiger partial charge < -0.3 is 20.3 Å². The zero-order chi connectivity index (χ0) is 11.4. The highest BCUT2D eigenvalue weighted by atomic mass is 16.5. The largest absolute Gasteiger partial charge is 0.508 e. The summed E-state index contributed by atoms with van der Waals surface area (Å²) in [6, 6.07) is 3.43. The second-order valence-corrected chi connectivity index (χ2v) is 2.93.